The molecule has 158 valence electrons. The number of hydrogen-bond donors (Lipinski definition) is 3. The molecule has 3 N–H and O–H groups in total. The highest BCUT2D eigenvalue weighted by Crippen LogP contribution is 2.33. The van der Waals surface area contributed by atoms with Gasteiger partial charge in [-0.3, -0.25) is 14.3 Å². The molecule has 3 rings (SSSR count). The molecule has 0 bridgehead atoms. The maximum absolute atomic E-state index is 12.4. The number of aryl methyl sites for hydroxylation is 1. The van der Waals surface area contributed by atoms with Gasteiger partial charge >= 0.3 is 5.97 Å². The van der Waals surface area contributed by atoms with E-state index in [2.05, 4.69) is 25.9 Å². The van der Waals surface area contributed by atoms with Crippen LogP contribution in [0.5, 0.6) is 0 Å². The number of unbranched alkanes of at least 4 members (excludes halogenated alkanes) is 3. The second kappa shape index (κ2) is 10.1. The quantitative estimate of drug-likeness (QED) is 0.410. The van der Waals surface area contributed by atoms with Crippen LogP contribution in [0.2, 0.25) is 0 Å². The lowest BCUT2D eigenvalue weighted by Crippen LogP contribution is -2.38. The van der Waals surface area contributed by atoms with E-state index in [1.807, 2.05) is 0 Å². The second-order valence-corrected chi connectivity index (χ2v) is 7.40. The Hall–Kier alpha value is -2.82. The van der Waals surface area contributed by atoms with E-state index >= 15 is 0 Å². The first-order chi connectivity index (χ1) is 14.0. The summed E-state index contributed by atoms with van der Waals surface area (Å²) < 4.78 is 3.39. The average Bonchev–Trinajstić information content (AvgIpc) is 3.23. The van der Waals surface area contributed by atoms with Crippen LogP contribution in [0.4, 0.5) is 0 Å². The summed E-state index contributed by atoms with van der Waals surface area (Å²) >= 11 is 0. The van der Waals surface area contributed by atoms with Crippen molar-refractivity contribution >= 4 is 11.9 Å². The maximum atomic E-state index is 12.4. The average molecular weight is 405 g/mol. The van der Waals surface area contributed by atoms with Gasteiger partial charge in [0.1, 0.15) is 0 Å². The number of rotatable bonds is 13. The van der Waals surface area contributed by atoms with Crippen molar-refractivity contribution in [2.45, 2.75) is 70.0 Å². The molecule has 2 aromatic rings. The summed E-state index contributed by atoms with van der Waals surface area (Å²) in [6.45, 7) is 0.916. The number of carbonyl (C=O) groups excluding carboxylic acids is 1. The standard InChI is InChI=1S/C18H27N7O4/c26-8-4-2-1-3-7-24-11-14(20-22-24)9-13(10-17(27)28)19-18(29)16-12-25(23-21-16)15-5-6-15/h11-13,15,26H,1-10H2,(H,19,29)(H,27,28). The van der Waals surface area contributed by atoms with Crippen LogP contribution in [0.15, 0.2) is 12.4 Å². The molecule has 1 aliphatic carbocycles. The maximum Gasteiger partial charge on any atom is 0.305 e. The SMILES string of the molecule is O=C(O)CC(Cc1cn(CCCCCCO)nn1)NC(=O)c1cn(C2CC2)nn1. The lowest BCUT2D eigenvalue weighted by Gasteiger charge is -2.14. The monoisotopic (exact) mass is 405 g/mol. The molecular weight excluding hydrogens is 378 g/mol. The first-order valence-electron chi connectivity index (χ1n) is 9.99. The van der Waals surface area contributed by atoms with Gasteiger partial charge in [0.15, 0.2) is 5.69 Å². The van der Waals surface area contributed by atoms with Crippen LogP contribution in [0.1, 0.15) is 67.2 Å². The molecule has 11 heteroatoms. The fraction of sp³-hybridized carbons (Fsp3) is 0.667. The first kappa shape index (κ1) is 20.9. The minimum absolute atomic E-state index is 0.179. The van der Waals surface area contributed by atoms with Crippen molar-refractivity contribution in [2.75, 3.05) is 6.61 Å². The van der Waals surface area contributed by atoms with Crippen molar-refractivity contribution in [3.8, 4) is 0 Å². The van der Waals surface area contributed by atoms with Gasteiger partial charge in [0.2, 0.25) is 0 Å². The van der Waals surface area contributed by atoms with Gasteiger partial charge in [-0.1, -0.05) is 23.3 Å². The number of aromatic nitrogens is 6. The van der Waals surface area contributed by atoms with Gasteiger partial charge in [0.05, 0.1) is 24.4 Å². The molecule has 1 unspecified atom stereocenters. The fourth-order valence-corrected chi connectivity index (χ4v) is 3.08. The summed E-state index contributed by atoms with van der Waals surface area (Å²) in [5.74, 6) is -1.45. The third-order valence-corrected chi connectivity index (χ3v) is 4.76. The van der Waals surface area contributed by atoms with Crippen LogP contribution in [0, 0.1) is 0 Å². The van der Waals surface area contributed by atoms with Gasteiger partial charge in [0.25, 0.3) is 5.91 Å². The molecule has 1 atom stereocenters. The lowest BCUT2D eigenvalue weighted by molar-refractivity contribution is -0.137. The molecule has 1 aliphatic rings. The number of aliphatic hydroxyl groups excluding tert-OH is 1. The smallest absolute Gasteiger partial charge is 0.305 e. The van der Waals surface area contributed by atoms with Gasteiger partial charge in [-0.25, -0.2) is 4.68 Å². The number of hydrogen-bond acceptors (Lipinski definition) is 7. The van der Waals surface area contributed by atoms with Crippen LogP contribution < -0.4 is 5.32 Å². The summed E-state index contributed by atoms with van der Waals surface area (Å²) in [4.78, 5) is 23.6. The lowest BCUT2D eigenvalue weighted by atomic mass is 10.1. The molecule has 0 aliphatic heterocycles. The topological polar surface area (TPSA) is 148 Å². The van der Waals surface area contributed by atoms with Gasteiger partial charge in [-0.2, -0.15) is 0 Å². The predicted molar refractivity (Wildman–Crippen MR) is 101 cm³/mol. The number of carboxylic acid groups (broad SMARTS) is 1. The Morgan fingerprint density at radius 2 is 1.93 bits per heavy atom. The third kappa shape index (κ3) is 6.63. The Morgan fingerprint density at radius 1 is 1.14 bits per heavy atom. The largest absolute Gasteiger partial charge is 0.481 e. The van der Waals surface area contributed by atoms with Gasteiger partial charge < -0.3 is 15.5 Å². The molecule has 29 heavy (non-hydrogen) atoms. The van der Waals surface area contributed by atoms with E-state index in [9.17, 15) is 14.7 Å². The summed E-state index contributed by atoms with van der Waals surface area (Å²) in [5.41, 5.74) is 0.798. The molecule has 11 nitrogen and oxygen atoms in total. The fourth-order valence-electron chi connectivity index (χ4n) is 3.08. The second-order valence-electron chi connectivity index (χ2n) is 7.40. The Kier molecular flexibility index (Phi) is 7.28. The number of amides is 1. The number of aliphatic carboxylic acids is 1. The zero-order chi connectivity index (χ0) is 20.6. The highest BCUT2D eigenvalue weighted by atomic mass is 16.4. The summed E-state index contributed by atoms with van der Waals surface area (Å²) in [6.07, 6.45) is 9.16. The molecule has 2 heterocycles. The number of nitrogens with zero attached hydrogens (tertiary/aromatic N) is 6. The minimum Gasteiger partial charge on any atom is -0.481 e. The number of aliphatic hydroxyl groups is 1. The molecular formula is C18H27N7O4. The molecule has 2 aromatic heterocycles. The third-order valence-electron chi connectivity index (χ3n) is 4.76. The molecule has 0 radical (unpaired) electrons. The highest BCUT2D eigenvalue weighted by molar-refractivity contribution is 5.92. The van der Waals surface area contributed by atoms with Crippen molar-refractivity contribution in [1.82, 2.24) is 35.3 Å². The van der Waals surface area contributed by atoms with Crippen molar-refractivity contribution in [3.63, 3.8) is 0 Å². The van der Waals surface area contributed by atoms with Crippen molar-refractivity contribution in [1.29, 1.82) is 0 Å². The van der Waals surface area contributed by atoms with Crippen molar-refractivity contribution in [3.05, 3.63) is 23.8 Å². The summed E-state index contributed by atoms with van der Waals surface area (Å²) in [7, 11) is 0. The van der Waals surface area contributed by atoms with Crippen LogP contribution in [0.3, 0.4) is 0 Å². The van der Waals surface area contributed by atoms with E-state index in [1.165, 1.54) is 0 Å². The number of nitrogens with one attached hydrogen (secondary N) is 1. The molecule has 0 spiro atoms. The minimum atomic E-state index is -1.01. The van der Waals surface area contributed by atoms with Crippen molar-refractivity contribution < 1.29 is 19.8 Å². The zero-order valence-corrected chi connectivity index (χ0v) is 16.3. The van der Waals surface area contributed by atoms with Gasteiger partial charge in [-0.05, 0) is 25.7 Å². The summed E-state index contributed by atoms with van der Waals surface area (Å²) in [6, 6.07) is -0.307. The Balaban J connectivity index is 1.53. The van der Waals surface area contributed by atoms with E-state index in [-0.39, 0.29) is 25.1 Å². The number of carbonyl (C=O) groups is 2. The van der Waals surface area contributed by atoms with Gasteiger partial charge in [0, 0.05) is 31.8 Å². The predicted octanol–water partition coefficient (Wildman–Crippen LogP) is 0.573. The Labute approximate surface area is 168 Å². The van der Waals surface area contributed by atoms with Crippen LogP contribution in [0.25, 0.3) is 0 Å². The van der Waals surface area contributed by atoms with E-state index < -0.39 is 17.9 Å². The Bertz CT molecular complexity index is 815. The zero-order valence-electron chi connectivity index (χ0n) is 16.3. The van der Waals surface area contributed by atoms with E-state index in [4.69, 9.17) is 5.11 Å². The van der Waals surface area contributed by atoms with Crippen LogP contribution in [-0.4, -0.2) is 64.7 Å². The van der Waals surface area contributed by atoms with Gasteiger partial charge in [-0.15, -0.1) is 10.2 Å². The highest BCUT2D eigenvalue weighted by Gasteiger charge is 2.27. The summed E-state index contributed by atoms with van der Waals surface area (Å²) in [5, 5.41) is 36.7. The molecule has 0 saturated heterocycles. The van der Waals surface area contributed by atoms with E-state index in [0.29, 0.717) is 18.3 Å². The van der Waals surface area contributed by atoms with Crippen LogP contribution >= 0.6 is 0 Å². The molecule has 1 saturated carbocycles. The van der Waals surface area contributed by atoms with E-state index in [1.54, 1.807) is 21.8 Å². The van der Waals surface area contributed by atoms with E-state index in [0.717, 1.165) is 38.5 Å². The molecule has 1 amide bonds. The first-order valence-corrected chi connectivity index (χ1v) is 9.99. The molecule has 0 aromatic carbocycles. The number of carboxylic acids is 1. The molecule has 1 fully saturated rings. The van der Waals surface area contributed by atoms with Crippen molar-refractivity contribution in [2.24, 2.45) is 0 Å². The van der Waals surface area contributed by atoms with Crippen LogP contribution in [-0.2, 0) is 17.8 Å². The normalized spacial score (nSPS) is 14.7. The Morgan fingerprint density at radius 3 is 2.66 bits per heavy atom.